The highest BCUT2D eigenvalue weighted by Gasteiger charge is 2.23. The maximum Gasteiger partial charge on any atom is 0.317 e. The number of urea groups is 1. The summed E-state index contributed by atoms with van der Waals surface area (Å²) in [5, 5.41) is 3.83. The Labute approximate surface area is 137 Å². The second-order valence-corrected chi connectivity index (χ2v) is 6.77. The molecule has 0 saturated carbocycles. The average Bonchev–Trinajstić information content (AvgIpc) is 2.98. The first-order valence-corrected chi connectivity index (χ1v) is 8.20. The summed E-state index contributed by atoms with van der Waals surface area (Å²) >= 11 is 5.94. The van der Waals surface area contributed by atoms with E-state index < -0.39 is 0 Å². The number of nitrogens with zero attached hydrogens (tertiary/aromatic N) is 1. The van der Waals surface area contributed by atoms with Crippen LogP contribution in [0.4, 0.5) is 4.79 Å². The fourth-order valence-corrected chi connectivity index (χ4v) is 2.87. The van der Waals surface area contributed by atoms with Crippen molar-refractivity contribution >= 4 is 17.6 Å². The minimum Gasteiger partial charge on any atom is -0.381 e. The van der Waals surface area contributed by atoms with Crippen LogP contribution in [-0.2, 0) is 4.74 Å². The maximum absolute atomic E-state index is 12.4. The Bertz CT molecular complexity index is 484. The number of benzene rings is 1. The largest absolute Gasteiger partial charge is 0.381 e. The van der Waals surface area contributed by atoms with Gasteiger partial charge in [0.05, 0.1) is 12.6 Å². The third-order valence-electron chi connectivity index (χ3n) is 4.08. The van der Waals surface area contributed by atoms with Gasteiger partial charge in [-0.25, -0.2) is 4.79 Å². The highest BCUT2D eigenvalue weighted by molar-refractivity contribution is 6.30. The van der Waals surface area contributed by atoms with E-state index in [2.05, 4.69) is 19.2 Å². The van der Waals surface area contributed by atoms with Crippen LogP contribution < -0.4 is 5.32 Å². The number of carbonyl (C=O) groups is 1. The van der Waals surface area contributed by atoms with Gasteiger partial charge in [0.25, 0.3) is 0 Å². The van der Waals surface area contributed by atoms with Crippen LogP contribution in [-0.4, -0.2) is 37.7 Å². The first kappa shape index (κ1) is 17.1. The first-order valence-electron chi connectivity index (χ1n) is 7.82. The van der Waals surface area contributed by atoms with Gasteiger partial charge in [-0.3, -0.25) is 0 Å². The summed E-state index contributed by atoms with van der Waals surface area (Å²) in [5.74, 6) is 0.747. The van der Waals surface area contributed by atoms with Crippen molar-refractivity contribution in [3.8, 4) is 0 Å². The predicted octanol–water partition coefficient (Wildman–Crippen LogP) is 3.72. The van der Waals surface area contributed by atoms with Crippen molar-refractivity contribution in [3.05, 3.63) is 34.9 Å². The molecule has 2 amide bonds. The molecular formula is C17H25ClN2O2. The summed E-state index contributed by atoms with van der Waals surface area (Å²) in [6, 6.07) is 7.60. The van der Waals surface area contributed by atoms with Gasteiger partial charge in [-0.2, -0.15) is 0 Å². The SMILES string of the molecule is CC(C)[C@@H](NC(=O)N(C)C[C@H]1CCOC1)c1ccc(Cl)cc1. The van der Waals surface area contributed by atoms with Crippen LogP contribution in [0.2, 0.25) is 5.02 Å². The van der Waals surface area contributed by atoms with Crippen LogP contribution in [0.1, 0.15) is 31.9 Å². The number of carbonyl (C=O) groups excluding carboxylic acids is 1. The van der Waals surface area contributed by atoms with Gasteiger partial charge in [0.15, 0.2) is 0 Å². The quantitative estimate of drug-likeness (QED) is 0.897. The van der Waals surface area contributed by atoms with Gasteiger partial charge >= 0.3 is 6.03 Å². The second-order valence-electron chi connectivity index (χ2n) is 6.33. The van der Waals surface area contributed by atoms with Gasteiger partial charge in [-0.05, 0) is 30.0 Å². The van der Waals surface area contributed by atoms with E-state index in [0.29, 0.717) is 16.9 Å². The van der Waals surface area contributed by atoms with E-state index >= 15 is 0 Å². The number of hydrogen-bond donors (Lipinski definition) is 1. The van der Waals surface area contributed by atoms with E-state index in [4.69, 9.17) is 16.3 Å². The molecule has 1 aromatic rings. The number of ether oxygens (including phenoxy) is 1. The fourth-order valence-electron chi connectivity index (χ4n) is 2.75. The third-order valence-corrected chi connectivity index (χ3v) is 4.33. The molecule has 0 radical (unpaired) electrons. The highest BCUT2D eigenvalue weighted by atomic mass is 35.5. The minimum absolute atomic E-state index is 0.0213. The zero-order valence-electron chi connectivity index (χ0n) is 13.5. The molecule has 0 aromatic heterocycles. The average molecular weight is 325 g/mol. The molecular weight excluding hydrogens is 300 g/mol. The Kier molecular flexibility index (Phi) is 6.09. The van der Waals surface area contributed by atoms with Gasteiger partial charge < -0.3 is 15.0 Å². The number of nitrogens with one attached hydrogen (secondary N) is 1. The molecule has 5 heteroatoms. The molecule has 4 nitrogen and oxygen atoms in total. The third kappa shape index (κ3) is 4.62. The summed E-state index contributed by atoms with van der Waals surface area (Å²) in [5.41, 5.74) is 1.07. The molecule has 1 aliphatic rings. The molecule has 1 aromatic carbocycles. The van der Waals surface area contributed by atoms with Gasteiger partial charge in [-0.1, -0.05) is 37.6 Å². The van der Waals surface area contributed by atoms with Crippen molar-refractivity contribution in [3.63, 3.8) is 0 Å². The molecule has 122 valence electrons. The molecule has 22 heavy (non-hydrogen) atoms. The molecule has 1 aliphatic heterocycles. The predicted molar refractivity (Wildman–Crippen MR) is 89.1 cm³/mol. The smallest absolute Gasteiger partial charge is 0.317 e. The number of hydrogen-bond acceptors (Lipinski definition) is 2. The van der Waals surface area contributed by atoms with Crippen molar-refractivity contribution in [1.29, 1.82) is 0 Å². The normalized spacial score (nSPS) is 19.2. The standard InChI is InChI=1S/C17H25ClN2O2/c1-12(2)16(14-4-6-15(18)7-5-14)19-17(21)20(3)10-13-8-9-22-11-13/h4-7,12-13,16H,8-11H2,1-3H3,(H,19,21)/t13-,16-/m1/s1. The second kappa shape index (κ2) is 7.84. The van der Waals surface area contributed by atoms with E-state index in [1.54, 1.807) is 4.90 Å². The van der Waals surface area contributed by atoms with Crippen molar-refractivity contribution in [2.45, 2.75) is 26.3 Å². The molecule has 0 bridgehead atoms. The van der Waals surface area contributed by atoms with Crippen LogP contribution in [0, 0.1) is 11.8 Å². The van der Waals surface area contributed by atoms with Crippen LogP contribution in [0.25, 0.3) is 0 Å². The molecule has 1 fully saturated rings. The Morgan fingerprint density at radius 2 is 2.09 bits per heavy atom. The zero-order valence-corrected chi connectivity index (χ0v) is 14.3. The molecule has 2 rings (SSSR count). The molecule has 1 N–H and O–H groups in total. The Morgan fingerprint density at radius 3 is 2.64 bits per heavy atom. The summed E-state index contributed by atoms with van der Waals surface area (Å²) < 4.78 is 5.37. The van der Waals surface area contributed by atoms with E-state index in [-0.39, 0.29) is 12.1 Å². The lowest BCUT2D eigenvalue weighted by molar-refractivity contribution is 0.169. The van der Waals surface area contributed by atoms with Gasteiger partial charge in [-0.15, -0.1) is 0 Å². The zero-order chi connectivity index (χ0) is 16.1. The summed E-state index contributed by atoms with van der Waals surface area (Å²) in [4.78, 5) is 14.2. The molecule has 0 aliphatic carbocycles. The summed E-state index contributed by atoms with van der Waals surface area (Å²) in [6.45, 7) is 6.49. The van der Waals surface area contributed by atoms with Crippen molar-refractivity contribution in [2.24, 2.45) is 11.8 Å². The summed E-state index contributed by atoms with van der Waals surface area (Å²) in [7, 11) is 1.84. The maximum atomic E-state index is 12.4. The van der Waals surface area contributed by atoms with E-state index in [0.717, 1.165) is 31.7 Å². The van der Waals surface area contributed by atoms with Gasteiger partial charge in [0.2, 0.25) is 0 Å². The lowest BCUT2D eigenvalue weighted by Crippen LogP contribution is -2.42. The van der Waals surface area contributed by atoms with Gasteiger partial charge in [0.1, 0.15) is 0 Å². The molecule has 1 saturated heterocycles. The molecule has 0 spiro atoms. The number of rotatable bonds is 5. The first-order chi connectivity index (χ1) is 10.5. The van der Waals surface area contributed by atoms with Crippen molar-refractivity contribution in [1.82, 2.24) is 10.2 Å². The van der Waals surface area contributed by atoms with Gasteiger partial charge in [0, 0.05) is 31.1 Å². The number of amides is 2. The topological polar surface area (TPSA) is 41.6 Å². The lowest BCUT2D eigenvalue weighted by atomic mass is 9.96. The molecule has 1 heterocycles. The fraction of sp³-hybridized carbons (Fsp3) is 0.588. The molecule has 2 atom stereocenters. The van der Waals surface area contributed by atoms with Crippen molar-refractivity contribution < 1.29 is 9.53 Å². The Balaban J connectivity index is 1.97. The lowest BCUT2D eigenvalue weighted by Gasteiger charge is -2.27. The molecule has 0 unspecified atom stereocenters. The monoisotopic (exact) mass is 324 g/mol. The van der Waals surface area contributed by atoms with Crippen LogP contribution in [0.3, 0.4) is 0 Å². The number of halogens is 1. The van der Waals surface area contributed by atoms with E-state index in [1.165, 1.54) is 0 Å². The summed E-state index contributed by atoms with van der Waals surface area (Å²) in [6.07, 6.45) is 1.03. The van der Waals surface area contributed by atoms with Crippen LogP contribution >= 0.6 is 11.6 Å². The Morgan fingerprint density at radius 1 is 1.41 bits per heavy atom. The van der Waals surface area contributed by atoms with Crippen LogP contribution in [0.5, 0.6) is 0 Å². The highest BCUT2D eigenvalue weighted by Crippen LogP contribution is 2.23. The Hall–Kier alpha value is -1.26. The minimum atomic E-state index is -0.0412. The van der Waals surface area contributed by atoms with Crippen LogP contribution in [0.15, 0.2) is 24.3 Å². The van der Waals surface area contributed by atoms with E-state index in [9.17, 15) is 4.79 Å². The van der Waals surface area contributed by atoms with Crippen molar-refractivity contribution in [2.75, 3.05) is 26.8 Å². The van der Waals surface area contributed by atoms with E-state index in [1.807, 2.05) is 31.3 Å².